The Kier molecular flexibility index (Phi) is 4.30. The molecule has 0 radical (unpaired) electrons. The summed E-state index contributed by atoms with van der Waals surface area (Å²) in [5.41, 5.74) is 7.89. The van der Waals surface area contributed by atoms with Crippen LogP contribution in [0.5, 0.6) is 0 Å². The monoisotopic (exact) mass is 258 g/mol. The first-order chi connectivity index (χ1) is 9.24. The maximum absolute atomic E-state index is 12.2. The van der Waals surface area contributed by atoms with Gasteiger partial charge < -0.3 is 11.1 Å². The highest BCUT2D eigenvalue weighted by Gasteiger charge is 2.11. The van der Waals surface area contributed by atoms with E-state index in [4.69, 9.17) is 5.73 Å². The molecule has 0 saturated heterocycles. The number of carbonyl (C=O) groups is 1. The first-order valence-corrected chi connectivity index (χ1v) is 6.36. The van der Waals surface area contributed by atoms with E-state index in [9.17, 15) is 4.79 Å². The van der Waals surface area contributed by atoms with E-state index < -0.39 is 0 Å². The maximum Gasteiger partial charge on any atom is 0.256 e. The molecule has 2 rings (SSSR count). The summed E-state index contributed by atoms with van der Waals surface area (Å²) in [6.45, 7) is 3.30. The van der Waals surface area contributed by atoms with Crippen LogP contribution in [-0.4, -0.2) is 22.2 Å². The summed E-state index contributed by atoms with van der Waals surface area (Å²) < 4.78 is 1.77. The van der Waals surface area contributed by atoms with Crippen molar-refractivity contribution in [3.63, 3.8) is 0 Å². The number of rotatable bonds is 5. The van der Waals surface area contributed by atoms with E-state index in [1.54, 1.807) is 10.9 Å². The second-order valence-electron chi connectivity index (χ2n) is 4.23. The van der Waals surface area contributed by atoms with Crippen molar-refractivity contribution in [1.29, 1.82) is 0 Å². The molecule has 0 fully saturated rings. The van der Waals surface area contributed by atoms with Crippen LogP contribution in [0.25, 0.3) is 0 Å². The Morgan fingerprint density at radius 2 is 2.21 bits per heavy atom. The predicted octanol–water partition coefficient (Wildman–Crippen LogP) is 1.66. The molecule has 0 saturated carbocycles. The highest BCUT2D eigenvalue weighted by atomic mass is 16.1. The molecular weight excluding hydrogens is 240 g/mol. The molecule has 0 atom stereocenters. The minimum atomic E-state index is -0.125. The van der Waals surface area contributed by atoms with Crippen LogP contribution < -0.4 is 11.1 Å². The van der Waals surface area contributed by atoms with E-state index in [1.807, 2.05) is 37.4 Å². The lowest BCUT2D eigenvalue weighted by atomic mass is 10.0. The Balaban J connectivity index is 2.15. The number of nitrogens with one attached hydrogen (secondary N) is 1. The van der Waals surface area contributed by atoms with E-state index in [1.165, 1.54) is 0 Å². The summed E-state index contributed by atoms with van der Waals surface area (Å²) in [7, 11) is 0. The fraction of sp³-hybridized carbons (Fsp3) is 0.286. The van der Waals surface area contributed by atoms with Gasteiger partial charge in [-0.3, -0.25) is 9.48 Å². The van der Waals surface area contributed by atoms with Gasteiger partial charge in [0.25, 0.3) is 5.91 Å². The van der Waals surface area contributed by atoms with Crippen LogP contribution in [0.2, 0.25) is 0 Å². The van der Waals surface area contributed by atoms with Gasteiger partial charge in [0.2, 0.25) is 0 Å². The van der Waals surface area contributed by atoms with Gasteiger partial charge in [-0.15, -0.1) is 0 Å². The maximum atomic E-state index is 12.2. The highest BCUT2D eigenvalue weighted by Crippen LogP contribution is 2.13. The lowest BCUT2D eigenvalue weighted by Gasteiger charge is -2.08. The minimum absolute atomic E-state index is 0.125. The number of carbonyl (C=O) groups excluding carboxylic acids is 1. The molecule has 1 heterocycles. The Morgan fingerprint density at radius 3 is 2.89 bits per heavy atom. The number of anilines is 1. The van der Waals surface area contributed by atoms with Crippen molar-refractivity contribution < 1.29 is 4.79 Å². The van der Waals surface area contributed by atoms with E-state index in [-0.39, 0.29) is 5.91 Å². The van der Waals surface area contributed by atoms with Crippen LogP contribution in [0, 0.1) is 0 Å². The molecule has 0 spiro atoms. The van der Waals surface area contributed by atoms with Crippen LogP contribution in [0.3, 0.4) is 0 Å². The van der Waals surface area contributed by atoms with Crippen molar-refractivity contribution in [2.24, 2.45) is 5.73 Å². The zero-order valence-electron chi connectivity index (χ0n) is 11.0. The molecule has 1 aromatic heterocycles. The zero-order valence-corrected chi connectivity index (χ0v) is 11.0. The molecule has 0 aliphatic rings. The second-order valence-corrected chi connectivity index (χ2v) is 4.23. The van der Waals surface area contributed by atoms with Gasteiger partial charge in [0, 0.05) is 18.3 Å². The number of amides is 1. The summed E-state index contributed by atoms with van der Waals surface area (Å²) >= 11 is 0. The molecule has 3 N–H and O–H groups in total. The van der Waals surface area contributed by atoms with Crippen LogP contribution in [-0.2, 0) is 13.0 Å². The van der Waals surface area contributed by atoms with Crippen molar-refractivity contribution >= 4 is 11.6 Å². The van der Waals surface area contributed by atoms with Crippen molar-refractivity contribution in [2.75, 3.05) is 11.9 Å². The van der Waals surface area contributed by atoms with Gasteiger partial charge >= 0.3 is 0 Å². The van der Waals surface area contributed by atoms with E-state index in [2.05, 4.69) is 10.4 Å². The van der Waals surface area contributed by atoms with E-state index >= 15 is 0 Å². The lowest BCUT2D eigenvalue weighted by Crippen LogP contribution is -2.15. The normalized spacial score (nSPS) is 10.4. The molecular formula is C14H18N4O. The number of aryl methyl sites for hydroxylation is 1. The summed E-state index contributed by atoms with van der Waals surface area (Å²) in [5, 5.41) is 6.97. The molecule has 0 bridgehead atoms. The smallest absolute Gasteiger partial charge is 0.256 e. The summed E-state index contributed by atoms with van der Waals surface area (Å²) in [6, 6.07) is 7.50. The SMILES string of the molecule is CCn1cc(NC(=O)c2ccccc2CCN)cn1. The van der Waals surface area contributed by atoms with Crippen LogP contribution >= 0.6 is 0 Å². The molecule has 5 heteroatoms. The van der Waals surface area contributed by atoms with Gasteiger partial charge in [0.1, 0.15) is 0 Å². The average molecular weight is 258 g/mol. The molecule has 0 aliphatic carbocycles. The van der Waals surface area contributed by atoms with Crippen molar-refractivity contribution in [2.45, 2.75) is 19.9 Å². The van der Waals surface area contributed by atoms with Gasteiger partial charge in [0.05, 0.1) is 11.9 Å². The summed E-state index contributed by atoms with van der Waals surface area (Å²) in [4.78, 5) is 12.2. The zero-order chi connectivity index (χ0) is 13.7. The second kappa shape index (κ2) is 6.15. The summed E-state index contributed by atoms with van der Waals surface area (Å²) in [5.74, 6) is -0.125. The fourth-order valence-electron chi connectivity index (χ4n) is 1.91. The topological polar surface area (TPSA) is 72.9 Å². The minimum Gasteiger partial charge on any atom is -0.330 e. The van der Waals surface area contributed by atoms with Crippen molar-refractivity contribution in [3.05, 3.63) is 47.8 Å². The number of nitrogens with zero attached hydrogens (tertiary/aromatic N) is 2. The average Bonchev–Trinajstić information content (AvgIpc) is 2.87. The highest BCUT2D eigenvalue weighted by molar-refractivity contribution is 6.05. The Morgan fingerprint density at radius 1 is 1.42 bits per heavy atom. The third kappa shape index (κ3) is 3.20. The van der Waals surface area contributed by atoms with Crippen molar-refractivity contribution in [3.8, 4) is 0 Å². The molecule has 1 aromatic carbocycles. The molecule has 2 aromatic rings. The first-order valence-electron chi connectivity index (χ1n) is 6.36. The molecule has 100 valence electrons. The van der Waals surface area contributed by atoms with Gasteiger partial charge in [-0.05, 0) is 31.5 Å². The van der Waals surface area contributed by atoms with Gasteiger partial charge in [-0.1, -0.05) is 18.2 Å². The quantitative estimate of drug-likeness (QED) is 0.856. The number of aromatic nitrogens is 2. The largest absolute Gasteiger partial charge is 0.330 e. The van der Waals surface area contributed by atoms with Gasteiger partial charge in [-0.2, -0.15) is 5.10 Å². The van der Waals surface area contributed by atoms with Crippen LogP contribution in [0.1, 0.15) is 22.8 Å². The molecule has 0 aliphatic heterocycles. The molecule has 0 unspecified atom stereocenters. The third-order valence-corrected chi connectivity index (χ3v) is 2.89. The van der Waals surface area contributed by atoms with Gasteiger partial charge in [0.15, 0.2) is 0 Å². The Hall–Kier alpha value is -2.14. The van der Waals surface area contributed by atoms with E-state index in [0.717, 1.165) is 12.1 Å². The number of benzene rings is 1. The predicted molar refractivity (Wildman–Crippen MR) is 75.1 cm³/mol. The molecule has 19 heavy (non-hydrogen) atoms. The lowest BCUT2D eigenvalue weighted by molar-refractivity contribution is 0.102. The first kappa shape index (κ1) is 13.3. The third-order valence-electron chi connectivity index (χ3n) is 2.89. The number of nitrogens with two attached hydrogens (primary N) is 1. The van der Waals surface area contributed by atoms with Crippen molar-refractivity contribution in [1.82, 2.24) is 9.78 Å². The number of hydrogen-bond donors (Lipinski definition) is 2. The molecule has 1 amide bonds. The standard InChI is InChI=1S/C14H18N4O/c1-2-18-10-12(9-16-18)17-14(19)13-6-4-3-5-11(13)7-8-15/h3-6,9-10H,2,7-8,15H2,1H3,(H,17,19). The number of hydrogen-bond acceptors (Lipinski definition) is 3. The van der Waals surface area contributed by atoms with Gasteiger partial charge in [-0.25, -0.2) is 0 Å². The van der Waals surface area contributed by atoms with E-state index in [0.29, 0.717) is 24.2 Å². The fourth-order valence-corrected chi connectivity index (χ4v) is 1.91. The summed E-state index contributed by atoms with van der Waals surface area (Å²) in [6.07, 6.45) is 4.15. The van der Waals surface area contributed by atoms with Crippen LogP contribution in [0.4, 0.5) is 5.69 Å². The Labute approximate surface area is 112 Å². The molecule has 5 nitrogen and oxygen atoms in total. The van der Waals surface area contributed by atoms with Crippen LogP contribution in [0.15, 0.2) is 36.7 Å². The Bertz CT molecular complexity index is 562.